The van der Waals surface area contributed by atoms with Gasteiger partial charge in [0.15, 0.2) is 0 Å². The van der Waals surface area contributed by atoms with Gasteiger partial charge in [0.2, 0.25) is 5.91 Å². The molecule has 0 radical (unpaired) electrons. The average molecular weight is 284 g/mol. The lowest BCUT2D eigenvalue weighted by Gasteiger charge is -2.04. The van der Waals surface area contributed by atoms with Crippen LogP contribution in [0.15, 0.2) is 18.2 Å². The number of amides is 1. The van der Waals surface area contributed by atoms with E-state index in [4.69, 9.17) is 28.9 Å². The summed E-state index contributed by atoms with van der Waals surface area (Å²) >= 11 is 11.6. The highest BCUT2D eigenvalue weighted by atomic mass is 35.5. The molecular weight excluding hydrogens is 270 g/mol. The van der Waals surface area contributed by atoms with E-state index in [1.54, 1.807) is 18.2 Å². The van der Waals surface area contributed by atoms with Crippen LogP contribution in [-0.4, -0.2) is 19.0 Å². The van der Waals surface area contributed by atoms with Crippen molar-refractivity contribution in [3.63, 3.8) is 0 Å². The Morgan fingerprint density at radius 2 is 2.00 bits per heavy atom. The van der Waals surface area contributed by atoms with E-state index < -0.39 is 0 Å². The molecule has 0 aliphatic heterocycles. The molecule has 6 heteroatoms. The molecule has 0 saturated heterocycles. The molecule has 3 N–H and O–H groups in total. The summed E-state index contributed by atoms with van der Waals surface area (Å²) in [6, 6.07) is 5.14. The Kier molecular flexibility index (Phi) is 7.51. The molecule has 0 aromatic heterocycles. The number of hydrogen-bond acceptors (Lipinski definition) is 2. The number of carbonyl (C=O) groups excluding carboxylic acids is 1. The molecule has 1 aromatic rings. The Labute approximate surface area is 111 Å². The SMILES string of the molecule is Cl.NCCNC(=O)Cc1ccc(Cl)c(Cl)c1. The molecule has 1 aromatic carbocycles. The molecule has 0 aliphatic carbocycles. The van der Waals surface area contributed by atoms with Gasteiger partial charge in [0.1, 0.15) is 0 Å². The van der Waals surface area contributed by atoms with E-state index in [1.807, 2.05) is 0 Å². The van der Waals surface area contributed by atoms with Gasteiger partial charge in [-0.3, -0.25) is 4.79 Å². The first-order valence-corrected chi connectivity index (χ1v) is 5.29. The van der Waals surface area contributed by atoms with Crippen molar-refractivity contribution < 1.29 is 4.79 Å². The minimum absolute atomic E-state index is 0. The Morgan fingerprint density at radius 3 is 2.56 bits per heavy atom. The molecule has 0 heterocycles. The molecule has 0 atom stereocenters. The zero-order chi connectivity index (χ0) is 11.3. The maximum absolute atomic E-state index is 11.3. The Bertz CT molecular complexity index is 358. The van der Waals surface area contributed by atoms with E-state index >= 15 is 0 Å². The van der Waals surface area contributed by atoms with Crippen LogP contribution in [0, 0.1) is 0 Å². The van der Waals surface area contributed by atoms with Crippen molar-refractivity contribution in [2.75, 3.05) is 13.1 Å². The van der Waals surface area contributed by atoms with E-state index in [1.165, 1.54) is 0 Å². The summed E-state index contributed by atoms with van der Waals surface area (Å²) in [6.45, 7) is 0.924. The number of nitrogens with two attached hydrogens (primary N) is 1. The predicted molar refractivity (Wildman–Crippen MR) is 69.5 cm³/mol. The van der Waals surface area contributed by atoms with Gasteiger partial charge in [-0.25, -0.2) is 0 Å². The Morgan fingerprint density at radius 1 is 1.31 bits per heavy atom. The Hall–Kier alpha value is -0.480. The van der Waals surface area contributed by atoms with E-state index in [0.29, 0.717) is 23.1 Å². The molecule has 0 aliphatic rings. The molecule has 0 bridgehead atoms. The lowest BCUT2D eigenvalue weighted by Crippen LogP contribution is -2.30. The minimum atomic E-state index is -0.0705. The largest absolute Gasteiger partial charge is 0.355 e. The minimum Gasteiger partial charge on any atom is -0.355 e. The highest BCUT2D eigenvalue weighted by Crippen LogP contribution is 2.22. The second-order valence-electron chi connectivity index (χ2n) is 3.06. The first-order valence-electron chi connectivity index (χ1n) is 4.54. The summed E-state index contributed by atoms with van der Waals surface area (Å²) in [7, 11) is 0. The normalized spacial score (nSPS) is 9.44. The van der Waals surface area contributed by atoms with Gasteiger partial charge in [-0.15, -0.1) is 12.4 Å². The van der Waals surface area contributed by atoms with Crippen molar-refractivity contribution in [3.05, 3.63) is 33.8 Å². The van der Waals surface area contributed by atoms with Crippen LogP contribution in [-0.2, 0) is 11.2 Å². The average Bonchev–Trinajstić information content (AvgIpc) is 2.20. The van der Waals surface area contributed by atoms with Crippen LogP contribution in [0.25, 0.3) is 0 Å². The van der Waals surface area contributed by atoms with Crippen molar-refractivity contribution in [1.82, 2.24) is 5.32 Å². The van der Waals surface area contributed by atoms with Gasteiger partial charge in [0.05, 0.1) is 16.5 Å². The molecule has 16 heavy (non-hydrogen) atoms. The van der Waals surface area contributed by atoms with Gasteiger partial charge in [-0.1, -0.05) is 29.3 Å². The number of carbonyl (C=O) groups is 1. The zero-order valence-corrected chi connectivity index (χ0v) is 10.8. The van der Waals surface area contributed by atoms with Crippen LogP contribution in [0.1, 0.15) is 5.56 Å². The highest BCUT2D eigenvalue weighted by Gasteiger charge is 2.04. The second kappa shape index (κ2) is 7.74. The van der Waals surface area contributed by atoms with Crippen LogP contribution in [0.5, 0.6) is 0 Å². The van der Waals surface area contributed by atoms with Crippen LogP contribution in [0.3, 0.4) is 0 Å². The first-order chi connectivity index (χ1) is 7.13. The summed E-state index contributed by atoms with van der Waals surface area (Å²) in [6.07, 6.45) is 0.289. The first kappa shape index (κ1) is 15.5. The van der Waals surface area contributed by atoms with E-state index in [0.717, 1.165) is 5.56 Å². The number of rotatable bonds is 4. The third kappa shape index (κ3) is 5.03. The van der Waals surface area contributed by atoms with E-state index in [2.05, 4.69) is 5.32 Å². The molecule has 0 fully saturated rings. The molecule has 0 saturated carbocycles. The quantitative estimate of drug-likeness (QED) is 0.888. The van der Waals surface area contributed by atoms with Crippen LogP contribution in [0.4, 0.5) is 0 Å². The van der Waals surface area contributed by atoms with Gasteiger partial charge >= 0.3 is 0 Å². The summed E-state index contributed by atoms with van der Waals surface area (Å²) in [5, 5.41) is 3.62. The molecule has 3 nitrogen and oxygen atoms in total. The molecular formula is C10H13Cl3N2O. The van der Waals surface area contributed by atoms with E-state index in [-0.39, 0.29) is 24.7 Å². The molecule has 1 amide bonds. The third-order valence-electron chi connectivity index (χ3n) is 1.82. The van der Waals surface area contributed by atoms with Crippen LogP contribution in [0.2, 0.25) is 10.0 Å². The fourth-order valence-corrected chi connectivity index (χ4v) is 1.43. The standard InChI is InChI=1S/C10H12Cl2N2O.ClH/c11-8-2-1-7(5-9(8)12)6-10(15)14-4-3-13;/h1-2,5H,3-4,6,13H2,(H,14,15);1H. The topological polar surface area (TPSA) is 55.1 Å². The fraction of sp³-hybridized carbons (Fsp3) is 0.300. The van der Waals surface area contributed by atoms with Crippen LogP contribution < -0.4 is 11.1 Å². The van der Waals surface area contributed by atoms with Crippen molar-refractivity contribution in [2.45, 2.75) is 6.42 Å². The number of hydrogen-bond donors (Lipinski definition) is 2. The number of halogens is 3. The van der Waals surface area contributed by atoms with Crippen molar-refractivity contribution in [3.8, 4) is 0 Å². The lowest BCUT2D eigenvalue weighted by molar-refractivity contribution is -0.120. The van der Waals surface area contributed by atoms with Gasteiger partial charge in [-0.05, 0) is 17.7 Å². The summed E-state index contributed by atoms with van der Waals surface area (Å²) in [5.74, 6) is -0.0705. The molecule has 0 spiro atoms. The summed E-state index contributed by atoms with van der Waals surface area (Å²) in [5.41, 5.74) is 6.09. The van der Waals surface area contributed by atoms with Gasteiger partial charge in [0.25, 0.3) is 0 Å². The molecule has 90 valence electrons. The van der Waals surface area contributed by atoms with Gasteiger partial charge < -0.3 is 11.1 Å². The molecule has 0 unspecified atom stereocenters. The maximum atomic E-state index is 11.3. The van der Waals surface area contributed by atoms with Gasteiger partial charge in [-0.2, -0.15) is 0 Å². The van der Waals surface area contributed by atoms with Crippen LogP contribution >= 0.6 is 35.6 Å². The zero-order valence-electron chi connectivity index (χ0n) is 8.50. The second-order valence-corrected chi connectivity index (χ2v) is 3.88. The van der Waals surface area contributed by atoms with Crippen molar-refractivity contribution in [2.24, 2.45) is 5.73 Å². The number of nitrogens with one attached hydrogen (secondary N) is 1. The predicted octanol–water partition coefficient (Wildman–Crippen LogP) is 2.03. The highest BCUT2D eigenvalue weighted by molar-refractivity contribution is 6.42. The Balaban J connectivity index is 0.00000225. The summed E-state index contributed by atoms with van der Waals surface area (Å²) < 4.78 is 0. The molecule has 1 rings (SSSR count). The fourth-order valence-electron chi connectivity index (χ4n) is 1.11. The smallest absolute Gasteiger partial charge is 0.224 e. The van der Waals surface area contributed by atoms with Crippen molar-refractivity contribution >= 4 is 41.5 Å². The monoisotopic (exact) mass is 282 g/mol. The van der Waals surface area contributed by atoms with Gasteiger partial charge in [0, 0.05) is 13.1 Å². The van der Waals surface area contributed by atoms with E-state index in [9.17, 15) is 4.79 Å². The third-order valence-corrected chi connectivity index (χ3v) is 2.55. The number of benzene rings is 1. The lowest BCUT2D eigenvalue weighted by atomic mass is 10.1. The summed E-state index contributed by atoms with van der Waals surface area (Å²) in [4.78, 5) is 11.3. The maximum Gasteiger partial charge on any atom is 0.224 e. The van der Waals surface area contributed by atoms with Crippen molar-refractivity contribution in [1.29, 1.82) is 0 Å².